The Labute approximate surface area is 179 Å². The van der Waals surface area contributed by atoms with Gasteiger partial charge in [0.15, 0.2) is 0 Å². The summed E-state index contributed by atoms with van der Waals surface area (Å²) in [7, 11) is -3.63. The Bertz CT molecular complexity index is 1100. The first kappa shape index (κ1) is 21.3. The Morgan fingerprint density at radius 2 is 1.55 bits per heavy atom. The first-order valence-corrected chi connectivity index (χ1v) is 11.0. The average molecular weight is 449 g/mol. The van der Waals surface area contributed by atoms with Crippen LogP contribution in [0.15, 0.2) is 77.7 Å². The fourth-order valence-corrected chi connectivity index (χ4v) is 3.95. The maximum Gasteiger partial charge on any atom is 0.255 e. The quantitative estimate of drug-likeness (QED) is 0.546. The number of carbonyl (C=O) groups is 1. The van der Waals surface area contributed by atoms with Gasteiger partial charge in [-0.25, -0.2) is 13.1 Å². The van der Waals surface area contributed by atoms with Gasteiger partial charge in [-0.15, -0.1) is 0 Å². The summed E-state index contributed by atoms with van der Waals surface area (Å²) in [5.74, 6) is -0.375. The maximum absolute atomic E-state index is 12.4. The van der Waals surface area contributed by atoms with Crippen LogP contribution in [0.2, 0.25) is 10.0 Å². The first-order chi connectivity index (χ1) is 13.8. The molecule has 0 atom stereocenters. The van der Waals surface area contributed by atoms with E-state index < -0.39 is 10.0 Å². The molecule has 3 rings (SSSR count). The van der Waals surface area contributed by atoms with E-state index in [1.807, 2.05) is 30.3 Å². The summed E-state index contributed by atoms with van der Waals surface area (Å²) in [4.78, 5) is 12.4. The highest BCUT2D eigenvalue weighted by atomic mass is 35.5. The topological polar surface area (TPSA) is 75.3 Å². The highest BCUT2D eigenvalue weighted by molar-refractivity contribution is 7.89. The molecule has 0 saturated heterocycles. The SMILES string of the molecule is O=C(Nc1ccc(S(=O)(=O)NCCc2ccccc2)cc1)c1ccc(Cl)c(Cl)c1. The number of hydrogen-bond donors (Lipinski definition) is 2. The van der Waals surface area contributed by atoms with Crippen LogP contribution in [0.4, 0.5) is 5.69 Å². The number of anilines is 1. The summed E-state index contributed by atoms with van der Waals surface area (Å²) in [5, 5.41) is 3.33. The second kappa shape index (κ2) is 9.41. The number of halogens is 2. The van der Waals surface area contributed by atoms with Gasteiger partial charge >= 0.3 is 0 Å². The molecule has 0 radical (unpaired) electrons. The lowest BCUT2D eigenvalue weighted by molar-refractivity contribution is 0.102. The predicted octanol–water partition coefficient (Wildman–Crippen LogP) is 4.77. The summed E-state index contributed by atoms with van der Waals surface area (Å²) in [6.07, 6.45) is 0.595. The van der Waals surface area contributed by atoms with E-state index in [1.54, 1.807) is 6.07 Å². The standard InChI is InChI=1S/C21H18Cl2N2O3S/c22-19-11-6-16(14-20(19)23)21(26)25-17-7-9-18(10-8-17)29(27,28)24-13-12-15-4-2-1-3-5-15/h1-11,14,24H,12-13H2,(H,25,26). The van der Waals surface area contributed by atoms with Crippen LogP contribution in [0.5, 0.6) is 0 Å². The minimum absolute atomic E-state index is 0.123. The second-order valence-electron chi connectivity index (χ2n) is 6.24. The molecule has 0 bridgehead atoms. The molecular weight excluding hydrogens is 431 g/mol. The maximum atomic E-state index is 12.4. The number of hydrogen-bond acceptors (Lipinski definition) is 3. The van der Waals surface area contributed by atoms with Crippen LogP contribution < -0.4 is 10.0 Å². The molecule has 0 fully saturated rings. The largest absolute Gasteiger partial charge is 0.322 e. The molecule has 8 heteroatoms. The van der Waals surface area contributed by atoms with Crippen molar-refractivity contribution >= 4 is 44.8 Å². The van der Waals surface area contributed by atoms with E-state index in [-0.39, 0.29) is 15.8 Å². The first-order valence-electron chi connectivity index (χ1n) is 8.75. The smallest absolute Gasteiger partial charge is 0.255 e. The van der Waals surface area contributed by atoms with Crippen LogP contribution in [0.3, 0.4) is 0 Å². The Hall–Kier alpha value is -2.38. The van der Waals surface area contributed by atoms with E-state index in [1.165, 1.54) is 36.4 Å². The van der Waals surface area contributed by atoms with Gasteiger partial charge in [0.25, 0.3) is 5.91 Å². The van der Waals surface area contributed by atoms with Crippen molar-refractivity contribution in [3.05, 3.63) is 94.0 Å². The highest BCUT2D eigenvalue weighted by Gasteiger charge is 2.14. The Kier molecular flexibility index (Phi) is 6.92. The van der Waals surface area contributed by atoms with Crippen LogP contribution >= 0.6 is 23.2 Å². The van der Waals surface area contributed by atoms with Gasteiger partial charge in [-0.2, -0.15) is 0 Å². The molecule has 3 aromatic carbocycles. The van der Waals surface area contributed by atoms with Gasteiger partial charge in [-0.05, 0) is 54.4 Å². The fraction of sp³-hybridized carbons (Fsp3) is 0.0952. The molecule has 3 aromatic rings. The third-order valence-electron chi connectivity index (χ3n) is 4.15. The van der Waals surface area contributed by atoms with Crippen molar-refractivity contribution < 1.29 is 13.2 Å². The highest BCUT2D eigenvalue weighted by Crippen LogP contribution is 2.23. The minimum Gasteiger partial charge on any atom is -0.322 e. The zero-order chi connectivity index (χ0) is 20.9. The molecule has 0 aliphatic heterocycles. The van der Waals surface area contributed by atoms with Crippen molar-refractivity contribution in [3.63, 3.8) is 0 Å². The molecule has 0 heterocycles. The molecule has 1 amide bonds. The molecule has 29 heavy (non-hydrogen) atoms. The van der Waals surface area contributed by atoms with Gasteiger partial charge in [-0.3, -0.25) is 4.79 Å². The van der Waals surface area contributed by atoms with Gasteiger partial charge in [0.05, 0.1) is 14.9 Å². The van der Waals surface area contributed by atoms with E-state index in [9.17, 15) is 13.2 Å². The zero-order valence-corrected chi connectivity index (χ0v) is 17.6. The minimum atomic E-state index is -3.63. The number of rotatable bonds is 7. The van der Waals surface area contributed by atoms with Crippen molar-refractivity contribution in [1.82, 2.24) is 4.72 Å². The van der Waals surface area contributed by atoms with Crippen molar-refractivity contribution in [2.75, 3.05) is 11.9 Å². The lowest BCUT2D eigenvalue weighted by atomic mass is 10.2. The lowest BCUT2D eigenvalue weighted by Crippen LogP contribution is -2.26. The monoisotopic (exact) mass is 448 g/mol. The molecule has 150 valence electrons. The lowest BCUT2D eigenvalue weighted by Gasteiger charge is -2.09. The van der Waals surface area contributed by atoms with Crippen LogP contribution in [0.1, 0.15) is 15.9 Å². The number of carbonyl (C=O) groups excluding carboxylic acids is 1. The number of nitrogens with one attached hydrogen (secondary N) is 2. The average Bonchev–Trinajstić information content (AvgIpc) is 2.71. The van der Waals surface area contributed by atoms with Gasteiger partial charge in [-0.1, -0.05) is 53.5 Å². The van der Waals surface area contributed by atoms with Crippen molar-refractivity contribution in [2.24, 2.45) is 0 Å². The van der Waals surface area contributed by atoms with Crippen LogP contribution in [0, 0.1) is 0 Å². The van der Waals surface area contributed by atoms with Gasteiger partial charge in [0.1, 0.15) is 0 Å². The van der Waals surface area contributed by atoms with Crippen LogP contribution in [-0.4, -0.2) is 20.9 Å². The molecule has 0 spiro atoms. The van der Waals surface area contributed by atoms with Gasteiger partial charge < -0.3 is 5.32 Å². The summed E-state index contributed by atoms with van der Waals surface area (Å²) >= 11 is 11.8. The molecule has 2 N–H and O–H groups in total. The normalized spacial score (nSPS) is 11.2. The van der Waals surface area contributed by atoms with Crippen molar-refractivity contribution in [3.8, 4) is 0 Å². The third kappa shape index (κ3) is 5.81. The van der Waals surface area contributed by atoms with Crippen molar-refractivity contribution in [1.29, 1.82) is 0 Å². The summed E-state index contributed by atoms with van der Waals surface area (Å²) in [5.41, 5.74) is 1.86. The molecule has 0 saturated carbocycles. The van der Waals surface area contributed by atoms with E-state index >= 15 is 0 Å². The molecular formula is C21H18Cl2N2O3S. The molecule has 0 aliphatic rings. The molecule has 0 unspecified atom stereocenters. The Balaban J connectivity index is 1.61. The van der Waals surface area contributed by atoms with Crippen LogP contribution in [-0.2, 0) is 16.4 Å². The Morgan fingerprint density at radius 3 is 2.21 bits per heavy atom. The summed E-state index contributed by atoms with van der Waals surface area (Å²) < 4.78 is 27.4. The molecule has 5 nitrogen and oxygen atoms in total. The zero-order valence-electron chi connectivity index (χ0n) is 15.2. The van der Waals surface area contributed by atoms with E-state index in [2.05, 4.69) is 10.0 Å². The van der Waals surface area contributed by atoms with E-state index in [0.717, 1.165) is 5.56 Å². The van der Waals surface area contributed by atoms with Crippen LogP contribution in [0.25, 0.3) is 0 Å². The van der Waals surface area contributed by atoms with E-state index in [0.29, 0.717) is 29.2 Å². The number of amides is 1. The summed E-state index contributed by atoms with van der Waals surface area (Å²) in [6.45, 7) is 0.294. The molecule has 0 aromatic heterocycles. The predicted molar refractivity (Wildman–Crippen MR) is 116 cm³/mol. The fourth-order valence-electron chi connectivity index (χ4n) is 2.62. The third-order valence-corrected chi connectivity index (χ3v) is 6.37. The van der Waals surface area contributed by atoms with E-state index in [4.69, 9.17) is 23.2 Å². The van der Waals surface area contributed by atoms with Crippen molar-refractivity contribution in [2.45, 2.75) is 11.3 Å². The number of sulfonamides is 1. The number of benzene rings is 3. The molecule has 0 aliphatic carbocycles. The second-order valence-corrected chi connectivity index (χ2v) is 8.82. The summed E-state index contributed by atoms with van der Waals surface area (Å²) in [6, 6.07) is 20.1. The van der Waals surface area contributed by atoms with Gasteiger partial charge in [0.2, 0.25) is 10.0 Å². The Morgan fingerprint density at radius 1 is 0.862 bits per heavy atom. The van der Waals surface area contributed by atoms with Gasteiger partial charge in [0, 0.05) is 17.8 Å².